The Morgan fingerprint density at radius 1 is 1.04 bits per heavy atom. The molecule has 1 N–H and O–H groups in total. The van der Waals surface area contributed by atoms with E-state index in [4.69, 9.17) is 4.74 Å². The van der Waals surface area contributed by atoms with Crippen LogP contribution in [0.3, 0.4) is 0 Å². The Kier molecular flexibility index (Phi) is 2.69. The summed E-state index contributed by atoms with van der Waals surface area (Å²) in [4.78, 5) is 13.1. The van der Waals surface area contributed by atoms with Crippen molar-refractivity contribution in [1.29, 1.82) is 0 Å². The maximum atomic E-state index is 5.95. The van der Waals surface area contributed by atoms with E-state index in [0.717, 1.165) is 21.9 Å². The van der Waals surface area contributed by atoms with Gasteiger partial charge in [0.15, 0.2) is 5.65 Å². The first-order chi connectivity index (χ1) is 11.9. The van der Waals surface area contributed by atoms with Gasteiger partial charge in [-0.2, -0.15) is 10.1 Å². The number of fused-ring (bicyclic) bond motifs is 5. The number of ether oxygens (including phenoxy) is 1. The van der Waals surface area contributed by atoms with E-state index in [2.05, 4.69) is 30.2 Å². The van der Waals surface area contributed by atoms with Crippen LogP contribution < -0.4 is 4.74 Å². The van der Waals surface area contributed by atoms with Gasteiger partial charge in [0.25, 0.3) is 5.78 Å². The second-order valence-electron chi connectivity index (χ2n) is 5.32. The number of nitrogens with one attached hydrogen (secondary N) is 1. The molecule has 116 valence electrons. The van der Waals surface area contributed by atoms with E-state index in [-0.39, 0.29) is 0 Å². The van der Waals surface area contributed by atoms with Crippen LogP contribution in [0.25, 0.3) is 27.7 Å². The lowest BCUT2D eigenvalue weighted by Crippen LogP contribution is -2.02. The fourth-order valence-corrected chi connectivity index (χ4v) is 2.73. The number of H-pyrrole nitrogens is 1. The van der Waals surface area contributed by atoms with Crippen LogP contribution in [0, 0.1) is 0 Å². The molecule has 0 bridgehead atoms. The van der Waals surface area contributed by atoms with Crippen molar-refractivity contribution >= 4 is 27.7 Å². The molecule has 0 atom stereocenters. The number of nitrogens with zero attached hydrogens (tertiary/aromatic N) is 6. The van der Waals surface area contributed by atoms with Gasteiger partial charge in [0, 0.05) is 6.20 Å². The number of hydrogen-bond donors (Lipinski definition) is 1. The maximum absolute atomic E-state index is 5.95. The first-order valence-electron chi connectivity index (χ1n) is 7.39. The van der Waals surface area contributed by atoms with Crippen molar-refractivity contribution in [3.8, 4) is 5.88 Å². The molecule has 0 saturated heterocycles. The van der Waals surface area contributed by atoms with Crippen LogP contribution in [0.15, 0.2) is 49.1 Å². The largest absolute Gasteiger partial charge is 0.472 e. The summed E-state index contributed by atoms with van der Waals surface area (Å²) in [6, 6.07) is 9.93. The quantitative estimate of drug-likeness (QED) is 0.548. The molecule has 0 unspecified atom stereocenters. The molecule has 0 aliphatic rings. The number of aromatic nitrogens is 7. The minimum Gasteiger partial charge on any atom is -0.472 e. The molecule has 4 aromatic heterocycles. The molecule has 8 heteroatoms. The second-order valence-corrected chi connectivity index (χ2v) is 5.32. The lowest BCUT2D eigenvalue weighted by atomic mass is 10.2. The summed E-state index contributed by atoms with van der Waals surface area (Å²) in [6.45, 7) is 0.416. The van der Waals surface area contributed by atoms with Crippen LogP contribution >= 0.6 is 0 Å². The predicted molar refractivity (Wildman–Crippen MR) is 86.5 cm³/mol. The molecule has 5 aromatic rings. The van der Waals surface area contributed by atoms with E-state index in [1.807, 2.05) is 30.3 Å². The average Bonchev–Trinajstić information content (AvgIpc) is 3.28. The summed E-state index contributed by atoms with van der Waals surface area (Å²) in [6.07, 6.45) is 4.96. The van der Waals surface area contributed by atoms with E-state index >= 15 is 0 Å². The third-order valence-electron chi connectivity index (χ3n) is 3.85. The zero-order valence-corrected chi connectivity index (χ0v) is 12.4. The molecule has 0 amide bonds. The highest BCUT2D eigenvalue weighted by molar-refractivity contribution is 6.04. The van der Waals surface area contributed by atoms with Crippen molar-refractivity contribution in [2.45, 2.75) is 6.61 Å². The van der Waals surface area contributed by atoms with Gasteiger partial charge in [-0.15, -0.1) is 5.10 Å². The van der Waals surface area contributed by atoms with E-state index in [1.165, 1.54) is 0 Å². The molecule has 24 heavy (non-hydrogen) atoms. The fourth-order valence-electron chi connectivity index (χ4n) is 2.73. The molecule has 8 nitrogen and oxygen atoms in total. The van der Waals surface area contributed by atoms with Crippen molar-refractivity contribution in [3.05, 3.63) is 54.6 Å². The second kappa shape index (κ2) is 4.98. The van der Waals surface area contributed by atoms with E-state index in [9.17, 15) is 0 Å². The van der Waals surface area contributed by atoms with Crippen LogP contribution in [-0.4, -0.2) is 34.8 Å². The molecule has 0 aliphatic carbocycles. The van der Waals surface area contributed by atoms with Crippen LogP contribution in [0.4, 0.5) is 0 Å². The van der Waals surface area contributed by atoms with Crippen LogP contribution in [0.1, 0.15) is 5.56 Å². The van der Waals surface area contributed by atoms with Gasteiger partial charge in [0.1, 0.15) is 12.9 Å². The topological polar surface area (TPSA) is 93.9 Å². The molecule has 0 spiro atoms. The SMILES string of the molecule is c1ccc(COc2nc3nc[nH]n3c3c2cnc2nncc23)cc1. The van der Waals surface area contributed by atoms with E-state index in [0.29, 0.717) is 23.9 Å². The Bertz CT molecular complexity index is 1150. The number of pyridine rings is 1. The van der Waals surface area contributed by atoms with Gasteiger partial charge in [-0.25, -0.2) is 14.5 Å². The molecule has 0 fully saturated rings. The molecule has 0 saturated carbocycles. The average molecular weight is 317 g/mol. The Hall–Kier alpha value is -3.55. The van der Waals surface area contributed by atoms with Gasteiger partial charge >= 0.3 is 0 Å². The zero-order valence-electron chi connectivity index (χ0n) is 12.4. The van der Waals surface area contributed by atoms with Crippen molar-refractivity contribution in [2.75, 3.05) is 0 Å². The van der Waals surface area contributed by atoms with Crippen LogP contribution in [0.5, 0.6) is 5.88 Å². The predicted octanol–water partition coefficient (Wildman–Crippen LogP) is 2.13. The fraction of sp³-hybridized carbons (Fsp3) is 0.0625. The highest BCUT2D eigenvalue weighted by Gasteiger charge is 2.15. The third-order valence-corrected chi connectivity index (χ3v) is 3.85. The smallest absolute Gasteiger partial charge is 0.254 e. The number of benzene rings is 1. The van der Waals surface area contributed by atoms with Gasteiger partial charge in [-0.3, -0.25) is 5.10 Å². The van der Waals surface area contributed by atoms with Crippen LogP contribution in [0.2, 0.25) is 0 Å². The van der Waals surface area contributed by atoms with Gasteiger partial charge in [0.05, 0.1) is 22.5 Å². The first-order valence-corrected chi connectivity index (χ1v) is 7.39. The minimum absolute atomic E-state index is 0.416. The maximum Gasteiger partial charge on any atom is 0.254 e. The Morgan fingerprint density at radius 2 is 1.96 bits per heavy atom. The molecule has 0 aliphatic heterocycles. The summed E-state index contributed by atoms with van der Waals surface area (Å²) in [5, 5.41) is 12.6. The summed E-state index contributed by atoms with van der Waals surface area (Å²) in [5.41, 5.74) is 2.48. The number of rotatable bonds is 3. The van der Waals surface area contributed by atoms with Crippen molar-refractivity contribution in [1.82, 2.24) is 34.8 Å². The normalized spacial score (nSPS) is 11.5. The summed E-state index contributed by atoms with van der Waals surface area (Å²) < 4.78 is 7.73. The molecule has 4 heterocycles. The summed E-state index contributed by atoms with van der Waals surface area (Å²) in [5.74, 6) is 0.996. The van der Waals surface area contributed by atoms with Crippen molar-refractivity contribution in [2.24, 2.45) is 0 Å². The number of aromatic amines is 1. The Morgan fingerprint density at radius 3 is 2.88 bits per heavy atom. The lowest BCUT2D eigenvalue weighted by molar-refractivity contribution is 0.298. The van der Waals surface area contributed by atoms with Gasteiger partial charge < -0.3 is 4.74 Å². The molecular formula is C16H11N7O. The first kappa shape index (κ1) is 12.9. The molecule has 5 rings (SSSR count). The van der Waals surface area contributed by atoms with Gasteiger partial charge in [-0.05, 0) is 5.56 Å². The molecule has 0 radical (unpaired) electrons. The van der Waals surface area contributed by atoms with Crippen molar-refractivity contribution < 1.29 is 4.74 Å². The third kappa shape index (κ3) is 1.89. The lowest BCUT2D eigenvalue weighted by Gasteiger charge is -2.09. The Labute approximate surface area is 135 Å². The molecule has 1 aromatic carbocycles. The van der Waals surface area contributed by atoms with Crippen molar-refractivity contribution in [3.63, 3.8) is 0 Å². The minimum atomic E-state index is 0.416. The van der Waals surface area contributed by atoms with E-state index in [1.54, 1.807) is 23.2 Å². The molecular weight excluding hydrogens is 306 g/mol. The van der Waals surface area contributed by atoms with Gasteiger partial charge in [-0.1, -0.05) is 30.3 Å². The monoisotopic (exact) mass is 317 g/mol. The highest BCUT2D eigenvalue weighted by Crippen LogP contribution is 2.28. The highest BCUT2D eigenvalue weighted by atomic mass is 16.5. The summed E-state index contributed by atoms with van der Waals surface area (Å²) >= 11 is 0. The van der Waals surface area contributed by atoms with Crippen LogP contribution in [-0.2, 0) is 6.61 Å². The zero-order chi connectivity index (χ0) is 15.9. The Balaban J connectivity index is 1.72. The summed E-state index contributed by atoms with van der Waals surface area (Å²) in [7, 11) is 0. The van der Waals surface area contributed by atoms with Gasteiger partial charge in [0.2, 0.25) is 5.88 Å². The van der Waals surface area contributed by atoms with E-state index < -0.39 is 0 Å². The standard InChI is InChI=1S/C16H11N7O/c1-2-4-10(5-3-1)8-24-15-12-6-17-14-11(7-19-22-14)13(12)23-16(21-15)18-9-20-23/h1-7,9H,8H2,(H,18,20,21). The number of hydrogen-bond acceptors (Lipinski definition) is 6.